The summed E-state index contributed by atoms with van der Waals surface area (Å²) in [5.41, 5.74) is 0. The third-order valence-electron chi connectivity index (χ3n) is 3.73. The van der Waals surface area contributed by atoms with E-state index in [0.717, 1.165) is 12.8 Å². The number of amides is 1. The Labute approximate surface area is 107 Å². The molecule has 0 aromatic heterocycles. The lowest BCUT2D eigenvalue weighted by atomic mass is 9.81. The van der Waals surface area contributed by atoms with Crippen molar-refractivity contribution in [3.8, 4) is 0 Å². The van der Waals surface area contributed by atoms with Gasteiger partial charge in [-0.05, 0) is 26.7 Å². The number of halogens is 2. The topological polar surface area (TPSA) is 29.3 Å². The van der Waals surface area contributed by atoms with Crippen LogP contribution < -0.4 is 0 Å². The van der Waals surface area contributed by atoms with E-state index in [4.69, 9.17) is 4.74 Å². The number of rotatable bonds is 0. The van der Waals surface area contributed by atoms with E-state index in [1.807, 2.05) is 4.90 Å². The number of hydrogen-bond donors (Lipinski definition) is 0. The monoisotopic (exact) mass is 339 g/mol. The molecule has 1 saturated carbocycles. The number of nitrogens with zero attached hydrogens (tertiary/aromatic N) is 1. The highest BCUT2D eigenvalue weighted by Crippen LogP contribution is 2.56. The van der Waals surface area contributed by atoms with Gasteiger partial charge in [0.05, 0.1) is 19.2 Å². The molecule has 2 fully saturated rings. The van der Waals surface area contributed by atoms with E-state index >= 15 is 0 Å². The molecule has 1 aliphatic carbocycles. The summed E-state index contributed by atoms with van der Waals surface area (Å²) in [4.78, 5) is 13.3. The number of ether oxygens (including phenoxy) is 1. The van der Waals surface area contributed by atoms with Crippen molar-refractivity contribution in [3.05, 3.63) is 0 Å². The van der Waals surface area contributed by atoms with E-state index in [-0.39, 0.29) is 14.7 Å². The van der Waals surface area contributed by atoms with Crippen LogP contribution in [0.3, 0.4) is 0 Å². The van der Waals surface area contributed by atoms with E-state index in [9.17, 15) is 4.79 Å². The lowest BCUT2D eigenvalue weighted by Crippen LogP contribution is -2.45. The van der Waals surface area contributed by atoms with Gasteiger partial charge >= 0.3 is 6.09 Å². The van der Waals surface area contributed by atoms with E-state index in [1.165, 1.54) is 7.11 Å². The average Bonchev–Trinajstić information content (AvgIpc) is 2.74. The largest absolute Gasteiger partial charge is 0.453 e. The standard InChI is InChI=1S/C10H15Br2NO2/c1-9(11)4-6-7(5-10(9,2)12)13(6)8(14)15-3/h6-7H,4-5H2,1-3H3/t6-,7+,9+,10-,13?. The number of alkyl halides is 2. The van der Waals surface area contributed by atoms with Crippen LogP contribution in [0, 0.1) is 0 Å². The molecule has 0 N–H and O–H groups in total. The van der Waals surface area contributed by atoms with Crippen molar-refractivity contribution < 1.29 is 9.53 Å². The lowest BCUT2D eigenvalue weighted by molar-refractivity contribution is 0.150. The Morgan fingerprint density at radius 1 is 1.27 bits per heavy atom. The molecule has 3 nitrogen and oxygen atoms in total. The minimum absolute atomic E-state index is 0.0317. The lowest BCUT2D eigenvalue weighted by Gasteiger charge is -2.40. The first-order chi connectivity index (χ1) is 6.80. The third kappa shape index (κ3) is 1.71. The number of hydrogen-bond acceptors (Lipinski definition) is 2. The molecule has 15 heavy (non-hydrogen) atoms. The molecule has 1 aliphatic heterocycles. The molecule has 0 unspecified atom stereocenters. The summed E-state index contributed by atoms with van der Waals surface area (Å²) in [6, 6.07) is 0.708. The van der Waals surface area contributed by atoms with Crippen LogP contribution in [0.4, 0.5) is 4.79 Å². The fraction of sp³-hybridized carbons (Fsp3) is 0.900. The van der Waals surface area contributed by atoms with Gasteiger partial charge in [0.1, 0.15) is 0 Å². The summed E-state index contributed by atoms with van der Waals surface area (Å²) in [5, 5.41) is 0. The van der Waals surface area contributed by atoms with Crippen LogP contribution >= 0.6 is 31.9 Å². The molecule has 2 aliphatic rings. The molecular formula is C10H15Br2NO2. The van der Waals surface area contributed by atoms with Gasteiger partial charge in [0.2, 0.25) is 0 Å². The molecule has 1 heterocycles. The molecule has 1 amide bonds. The molecule has 0 spiro atoms. The molecule has 0 radical (unpaired) electrons. The summed E-state index contributed by atoms with van der Waals surface area (Å²) in [5.74, 6) is 0. The van der Waals surface area contributed by atoms with Crippen LogP contribution in [0.5, 0.6) is 0 Å². The maximum Gasteiger partial charge on any atom is 0.410 e. The number of carbonyl (C=O) groups is 1. The second-order valence-corrected chi connectivity index (χ2v) is 8.32. The van der Waals surface area contributed by atoms with E-state index in [1.54, 1.807) is 0 Å². The maximum atomic E-state index is 11.4. The van der Waals surface area contributed by atoms with Crippen molar-refractivity contribution in [2.24, 2.45) is 0 Å². The van der Waals surface area contributed by atoms with Gasteiger partial charge in [0.25, 0.3) is 0 Å². The van der Waals surface area contributed by atoms with Crippen molar-refractivity contribution >= 4 is 38.0 Å². The molecule has 4 atom stereocenters. The maximum absolute atomic E-state index is 11.4. The second-order valence-electron chi connectivity index (χ2n) is 4.82. The van der Waals surface area contributed by atoms with Gasteiger partial charge in [-0.3, -0.25) is 4.90 Å². The smallest absolute Gasteiger partial charge is 0.410 e. The number of methoxy groups -OCH3 is 1. The molecular weight excluding hydrogens is 326 g/mol. The van der Waals surface area contributed by atoms with Gasteiger partial charge in [-0.25, -0.2) is 4.79 Å². The van der Waals surface area contributed by atoms with Gasteiger partial charge in [0, 0.05) is 8.65 Å². The van der Waals surface area contributed by atoms with Gasteiger partial charge in [-0.15, -0.1) is 0 Å². The zero-order valence-electron chi connectivity index (χ0n) is 9.09. The highest BCUT2D eigenvalue weighted by Gasteiger charge is 2.63. The van der Waals surface area contributed by atoms with Crippen LogP contribution in [0.15, 0.2) is 0 Å². The van der Waals surface area contributed by atoms with Gasteiger partial charge in [0.15, 0.2) is 0 Å². The van der Waals surface area contributed by atoms with Gasteiger partial charge in [-0.1, -0.05) is 31.9 Å². The number of fused-ring (bicyclic) bond motifs is 1. The summed E-state index contributed by atoms with van der Waals surface area (Å²) in [6.45, 7) is 4.34. The van der Waals surface area contributed by atoms with E-state index < -0.39 is 0 Å². The normalized spacial score (nSPS) is 48.5. The molecule has 0 aromatic carbocycles. The summed E-state index contributed by atoms with van der Waals surface area (Å²) in [6.07, 6.45) is 1.74. The highest BCUT2D eigenvalue weighted by atomic mass is 79.9. The zero-order valence-corrected chi connectivity index (χ0v) is 12.3. The van der Waals surface area contributed by atoms with Gasteiger partial charge < -0.3 is 4.74 Å². The third-order valence-corrected chi connectivity index (χ3v) is 6.66. The summed E-state index contributed by atoms with van der Waals surface area (Å²) < 4.78 is 4.82. The van der Waals surface area contributed by atoms with Crippen LogP contribution in [0.25, 0.3) is 0 Å². The first-order valence-corrected chi connectivity index (χ1v) is 6.63. The first kappa shape index (κ1) is 11.7. The Bertz CT molecular complexity index is 282. The predicted molar refractivity (Wildman–Crippen MR) is 65.7 cm³/mol. The Balaban J connectivity index is 2.12. The minimum atomic E-state index is -0.196. The average molecular weight is 341 g/mol. The Kier molecular flexibility index (Phi) is 2.62. The Morgan fingerprint density at radius 3 is 2.00 bits per heavy atom. The molecule has 0 aromatic rings. The molecule has 0 bridgehead atoms. The van der Waals surface area contributed by atoms with E-state index in [0.29, 0.717) is 12.1 Å². The summed E-state index contributed by atoms with van der Waals surface area (Å²) >= 11 is 7.51. The second kappa shape index (κ2) is 3.36. The van der Waals surface area contributed by atoms with Crippen molar-refractivity contribution in [2.75, 3.05) is 7.11 Å². The Hall–Kier alpha value is 0.230. The van der Waals surface area contributed by atoms with Crippen LogP contribution in [-0.4, -0.2) is 38.8 Å². The molecule has 86 valence electrons. The predicted octanol–water partition coefficient (Wildman–Crippen LogP) is 2.91. The van der Waals surface area contributed by atoms with E-state index in [2.05, 4.69) is 45.7 Å². The molecule has 5 heteroatoms. The van der Waals surface area contributed by atoms with Crippen molar-refractivity contribution in [1.82, 2.24) is 4.90 Å². The van der Waals surface area contributed by atoms with Crippen LogP contribution in [0.2, 0.25) is 0 Å². The molecule has 2 rings (SSSR count). The van der Waals surface area contributed by atoms with Crippen molar-refractivity contribution in [1.29, 1.82) is 0 Å². The van der Waals surface area contributed by atoms with Gasteiger partial charge in [-0.2, -0.15) is 0 Å². The molecule has 1 saturated heterocycles. The number of likely N-dealkylation sites (tertiary alicyclic amines) is 1. The SMILES string of the molecule is COC(=O)N1[C@@H]2C[C@](C)(Br)[C@](C)(Br)C[C@@H]21. The van der Waals surface area contributed by atoms with Crippen molar-refractivity contribution in [2.45, 2.75) is 47.4 Å². The number of carbonyl (C=O) groups excluding carboxylic acids is 1. The fourth-order valence-corrected chi connectivity index (χ4v) is 3.38. The first-order valence-electron chi connectivity index (χ1n) is 5.04. The summed E-state index contributed by atoms with van der Waals surface area (Å²) in [7, 11) is 1.44. The van der Waals surface area contributed by atoms with Crippen molar-refractivity contribution in [3.63, 3.8) is 0 Å². The van der Waals surface area contributed by atoms with Crippen LogP contribution in [0.1, 0.15) is 26.7 Å². The van der Waals surface area contributed by atoms with Crippen LogP contribution in [-0.2, 0) is 4.74 Å². The Morgan fingerprint density at radius 2 is 1.67 bits per heavy atom. The highest BCUT2D eigenvalue weighted by molar-refractivity contribution is 9.13. The minimum Gasteiger partial charge on any atom is -0.453 e. The zero-order chi connectivity index (χ0) is 11.4. The quantitative estimate of drug-likeness (QED) is 0.501. The fourth-order valence-electron chi connectivity index (χ4n) is 2.39.